The largest absolute Gasteiger partial charge is 0.501 e. The van der Waals surface area contributed by atoms with Crippen molar-refractivity contribution in [3.8, 4) is 0 Å². The molecule has 0 unspecified atom stereocenters. The van der Waals surface area contributed by atoms with Crippen LogP contribution in [0.4, 0.5) is 35.1 Å². The molecule has 0 aromatic carbocycles. The van der Waals surface area contributed by atoms with Crippen molar-refractivity contribution in [3.05, 3.63) is 11.4 Å². The van der Waals surface area contributed by atoms with E-state index < -0.39 is 42.0 Å². The quantitative estimate of drug-likeness (QED) is 0.399. The molecule has 0 fully saturated rings. The maximum atomic E-state index is 13.5. The molecule has 0 spiro atoms. The van der Waals surface area contributed by atoms with Crippen molar-refractivity contribution in [2.45, 2.75) is 51.3 Å². The van der Waals surface area contributed by atoms with Gasteiger partial charge in [0.05, 0.1) is 0 Å². The van der Waals surface area contributed by atoms with E-state index in [4.69, 9.17) is 0 Å². The van der Waals surface area contributed by atoms with Gasteiger partial charge in [-0.1, -0.05) is 13.3 Å². The van der Waals surface area contributed by atoms with E-state index in [1.165, 1.54) is 6.92 Å². The molecule has 0 heterocycles. The Morgan fingerprint density at radius 1 is 1.05 bits per heavy atom. The summed E-state index contributed by atoms with van der Waals surface area (Å²) in [6, 6.07) is 0. The molecular formula is C11H12F8O2. The van der Waals surface area contributed by atoms with Crippen LogP contribution in [-0.2, 0) is 9.53 Å². The zero-order chi connectivity index (χ0) is 17.1. The van der Waals surface area contributed by atoms with Crippen molar-refractivity contribution < 1.29 is 44.7 Å². The van der Waals surface area contributed by atoms with Crippen LogP contribution in [0.5, 0.6) is 0 Å². The summed E-state index contributed by atoms with van der Waals surface area (Å²) in [7, 11) is 0. The topological polar surface area (TPSA) is 26.3 Å². The second-order valence-electron chi connectivity index (χ2n) is 4.12. The number of esters is 1. The van der Waals surface area contributed by atoms with Crippen LogP contribution in [-0.4, -0.2) is 24.2 Å². The highest BCUT2D eigenvalue weighted by Gasteiger charge is 2.63. The lowest BCUT2D eigenvalue weighted by molar-refractivity contribution is -0.375. The van der Waals surface area contributed by atoms with Gasteiger partial charge < -0.3 is 4.74 Å². The van der Waals surface area contributed by atoms with Gasteiger partial charge in [0.25, 0.3) is 5.92 Å². The third-order valence-corrected chi connectivity index (χ3v) is 2.31. The minimum absolute atomic E-state index is 0.202. The van der Waals surface area contributed by atoms with E-state index in [1.54, 1.807) is 0 Å². The summed E-state index contributed by atoms with van der Waals surface area (Å²) in [5.41, 5.74) is -2.14. The summed E-state index contributed by atoms with van der Waals surface area (Å²) in [5, 5.41) is 0. The Labute approximate surface area is 114 Å². The molecule has 0 aliphatic heterocycles. The number of hydrogen-bond donors (Lipinski definition) is 0. The molecule has 0 aromatic rings. The fraction of sp³-hybridized carbons (Fsp3) is 0.727. The highest BCUT2D eigenvalue weighted by molar-refractivity contribution is 5.91. The van der Waals surface area contributed by atoms with Crippen LogP contribution in [0.25, 0.3) is 0 Å². The Balaban J connectivity index is 5.37. The van der Waals surface area contributed by atoms with Crippen LogP contribution in [0.15, 0.2) is 11.4 Å². The van der Waals surface area contributed by atoms with Crippen molar-refractivity contribution in [2.24, 2.45) is 0 Å². The Morgan fingerprint density at radius 2 is 1.52 bits per heavy atom. The number of unbranched alkanes of at least 4 members (excludes halogenated alkanes) is 1. The van der Waals surface area contributed by atoms with Gasteiger partial charge in [0.1, 0.15) is 11.4 Å². The predicted molar refractivity (Wildman–Crippen MR) is 55.4 cm³/mol. The molecule has 0 radical (unpaired) electrons. The second kappa shape index (κ2) is 6.61. The summed E-state index contributed by atoms with van der Waals surface area (Å²) < 4.78 is 103. The molecule has 0 saturated heterocycles. The highest BCUT2D eigenvalue weighted by atomic mass is 19.4. The maximum absolute atomic E-state index is 13.5. The molecule has 0 saturated carbocycles. The molecule has 0 aromatic heterocycles. The van der Waals surface area contributed by atoms with Crippen LogP contribution >= 0.6 is 0 Å². The maximum Gasteiger partial charge on any atom is 0.501 e. The van der Waals surface area contributed by atoms with Crippen LogP contribution in [0.3, 0.4) is 0 Å². The lowest BCUT2D eigenvalue weighted by Gasteiger charge is -2.23. The van der Waals surface area contributed by atoms with Gasteiger partial charge in [0.15, 0.2) is 0 Å². The molecule has 21 heavy (non-hydrogen) atoms. The smallest absolute Gasteiger partial charge is 0.390 e. The fourth-order valence-corrected chi connectivity index (χ4v) is 1.29. The lowest BCUT2D eigenvalue weighted by atomic mass is 10.0. The molecule has 0 bridgehead atoms. The number of allylic oxidation sites excluding steroid dienone is 1. The van der Waals surface area contributed by atoms with E-state index in [1.807, 2.05) is 0 Å². The van der Waals surface area contributed by atoms with Gasteiger partial charge in [0.2, 0.25) is 0 Å². The van der Waals surface area contributed by atoms with Gasteiger partial charge in [0, 0.05) is 6.42 Å². The Hall–Kier alpha value is -1.35. The van der Waals surface area contributed by atoms with Gasteiger partial charge in [-0.15, -0.1) is 0 Å². The normalized spacial score (nSPS) is 14.8. The fourth-order valence-electron chi connectivity index (χ4n) is 1.29. The van der Waals surface area contributed by atoms with E-state index in [9.17, 15) is 39.9 Å². The molecule has 2 nitrogen and oxygen atoms in total. The number of carbonyl (C=O) groups is 1. The molecule has 0 amide bonds. The number of alkyl halides is 7. The first-order chi connectivity index (χ1) is 9.26. The number of halogens is 8. The Morgan fingerprint density at radius 3 is 1.86 bits per heavy atom. The number of ether oxygens (including phenoxy) is 1. The van der Waals surface area contributed by atoms with Gasteiger partial charge >= 0.3 is 18.3 Å². The van der Waals surface area contributed by atoms with Gasteiger partial charge in [-0.2, -0.15) is 22.0 Å². The molecule has 0 atom stereocenters. The Kier molecular flexibility index (Phi) is 6.18. The average molecular weight is 328 g/mol. The number of hydrogen-bond acceptors (Lipinski definition) is 2. The highest BCUT2D eigenvalue weighted by Crippen LogP contribution is 2.39. The number of rotatable bonds is 6. The first-order valence-electron chi connectivity index (χ1n) is 5.68. The van der Waals surface area contributed by atoms with Gasteiger partial charge in [-0.05, 0) is 13.3 Å². The third-order valence-electron chi connectivity index (χ3n) is 2.31. The van der Waals surface area contributed by atoms with Crippen LogP contribution < -0.4 is 0 Å². The van der Waals surface area contributed by atoms with E-state index in [0.29, 0.717) is 6.92 Å². The zero-order valence-electron chi connectivity index (χ0n) is 11.0. The van der Waals surface area contributed by atoms with E-state index in [2.05, 4.69) is 4.74 Å². The van der Waals surface area contributed by atoms with Crippen LogP contribution in [0.1, 0.15) is 33.1 Å². The molecule has 0 aliphatic rings. The second-order valence-corrected chi connectivity index (χ2v) is 4.12. The molecule has 124 valence electrons. The van der Waals surface area contributed by atoms with E-state index in [-0.39, 0.29) is 12.8 Å². The minimum Gasteiger partial charge on any atom is -0.390 e. The SMILES string of the molecule is CCCCC(F)(F)C(C(=O)OC(F)(F)C(F)(F)F)=C(C)F. The minimum atomic E-state index is -6.29. The molecular weight excluding hydrogens is 316 g/mol. The van der Waals surface area contributed by atoms with Crippen LogP contribution in [0, 0.1) is 0 Å². The third kappa shape index (κ3) is 5.16. The number of carbonyl (C=O) groups excluding carboxylic acids is 1. The zero-order valence-corrected chi connectivity index (χ0v) is 11.0. The van der Waals surface area contributed by atoms with Crippen molar-refractivity contribution in [1.82, 2.24) is 0 Å². The first-order valence-corrected chi connectivity index (χ1v) is 5.68. The molecule has 0 aliphatic carbocycles. The molecule has 0 N–H and O–H groups in total. The summed E-state index contributed by atoms with van der Waals surface area (Å²) in [6.45, 7) is 1.82. The first kappa shape index (κ1) is 19.7. The summed E-state index contributed by atoms with van der Waals surface area (Å²) in [5.74, 6) is -8.86. The summed E-state index contributed by atoms with van der Waals surface area (Å²) >= 11 is 0. The van der Waals surface area contributed by atoms with Crippen molar-refractivity contribution in [2.75, 3.05) is 0 Å². The van der Waals surface area contributed by atoms with E-state index >= 15 is 0 Å². The van der Waals surface area contributed by atoms with Crippen molar-refractivity contribution in [3.63, 3.8) is 0 Å². The summed E-state index contributed by atoms with van der Waals surface area (Å²) in [6.07, 6.45) is -13.4. The van der Waals surface area contributed by atoms with Crippen molar-refractivity contribution >= 4 is 5.97 Å². The average Bonchev–Trinajstić information content (AvgIpc) is 2.22. The van der Waals surface area contributed by atoms with Gasteiger partial charge in [-0.3, -0.25) is 0 Å². The standard InChI is InChI=1S/C11H12F8O2/c1-3-4-5-9(13,14)7(6(2)12)8(20)21-11(18,19)10(15,16)17/h3-5H2,1-2H3. The molecule has 10 heteroatoms. The lowest BCUT2D eigenvalue weighted by Crippen LogP contribution is -2.42. The van der Waals surface area contributed by atoms with Gasteiger partial charge in [-0.25, -0.2) is 18.0 Å². The molecule has 0 rings (SSSR count). The summed E-state index contributed by atoms with van der Waals surface area (Å²) in [4.78, 5) is 11.1. The van der Waals surface area contributed by atoms with E-state index in [0.717, 1.165) is 0 Å². The Bertz CT molecular complexity index is 407. The monoisotopic (exact) mass is 328 g/mol. The predicted octanol–water partition coefficient (Wildman–Crippen LogP) is 4.75. The van der Waals surface area contributed by atoms with Crippen LogP contribution in [0.2, 0.25) is 0 Å². The van der Waals surface area contributed by atoms with Crippen molar-refractivity contribution in [1.29, 1.82) is 0 Å².